The highest BCUT2D eigenvalue weighted by Gasteiger charge is 2.04. The molecule has 2 N–H and O–H groups in total. The van der Waals surface area contributed by atoms with Gasteiger partial charge in [-0.15, -0.1) is 0 Å². The van der Waals surface area contributed by atoms with E-state index in [1.165, 1.54) is 0 Å². The Balaban J connectivity index is 2.65. The molecule has 1 aromatic carbocycles. The SMILES string of the molecule is Nc1cnn2cnc3ccccc3c12. The number of fused-ring (bicyclic) bond motifs is 3. The summed E-state index contributed by atoms with van der Waals surface area (Å²) in [4.78, 5) is 4.27. The van der Waals surface area contributed by atoms with Crippen molar-refractivity contribution >= 4 is 22.1 Å². The van der Waals surface area contributed by atoms with Crippen molar-refractivity contribution in [2.24, 2.45) is 0 Å². The molecule has 0 bridgehead atoms. The van der Waals surface area contributed by atoms with Crippen LogP contribution in [0, 0.1) is 0 Å². The standard InChI is InChI=1S/C10H8N4/c11-8-5-13-14-6-12-9-4-2-1-3-7(9)10(8)14/h1-6H,11H2. The van der Waals surface area contributed by atoms with Crippen molar-refractivity contribution in [3.05, 3.63) is 36.8 Å². The Bertz CT molecular complexity index is 612. The van der Waals surface area contributed by atoms with Crippen LogP contribution in [0.3, 0.4) is 0 Å². The van der Waals surface area contributed by atoms with Crippen LogP contribution >= 0.6 is 0 Å². The number of anilines is 1. The average molecular weight is 184 g/mol. The largest absolute Gasteiger partial charge is 0.396 e. The molecule has 2 heterocycles. The smallest absolute Gasteiger partial charge is 0.118 e. The maximum atomic E-state index is 5.83. The van der Waals surface area contributed by atoms with Gasteiger partial charge in [0.25, 0.3) is 0 Å². The molecule has 68 valence electrons. The van der Waals surface area contributed by atoms with Gasteiger partial charge in [0.2, 0.25) is 0 Å². The van der Waals surface area contributed by atoms with E-state index in [1.807, 2.05) is 24.3 Å². The Morgan fingerprint density at radius 1 is 1.21 bits per heavy atom. The maximum absolute atomic E-state index is 5.83. The highest BCUT2D eigenvalue weighted by Crippen LogP contribution is 2.21. The van der Waals surface area contributed by atoms with Crippen molar-refractivity contribution in [2.45, 2.75) is 0 Å². The van der Waals surface area contributed by atoms with Crippen LogP contribution in [0.5, 0.6) is 0 Å². The molecular weight excluding hydrogens is 176 g/mol. The van der Waals surface area contributed by atoms with E-state index in [9.17, 15) is 0 Å². The lowest BCUT2D eigenvalue weighted by Gasteiger charge is -1.99. The number of hydrogen-bond acceptors (Lipinski definition) is 3. The van der Waals surface area contributed by atoms with Gasteiger partial charge in [-0.2, -0.15) is 5.10 Å². The number of hydrogen-bond donors (Lipinski definition) is 1. The quantitative estimate of drug-likeness (QED) is 0.575. The minimum Gasteiger partial charge on any atom is -0.396 e. The van der Waals surface area contributed by atoms with E-state index >= 15 is 0 Å². The summed E-state index contributed by atoms with van der Waals surface area (Å²) in [6.45, 7) is 0. The molecule has 0 saturated heterocycles. The molecule has 3 rings (SSSR count). The van der Waals surface area contributed by atoms with Gasteiger partial charge in [-0.25, -0.2) is 9.50 Å². The Hall–Kier alpha value is -2.10. The van der Waals surface area contributed by atoms with Crippen molar-refractivity contribution < 1.29 is 0 Å². The summed E-state index contributed by atoms with van der Waals surface area (Å²) in [5.41, 5.74) is 8.38. The first kappa shape index (κ1) is 7.32. The predicted molar refractivity (Wildman–Crippen MR) is 54.9 cm³/mol. The summed E-state index contributed by atoms with van der Waals surface area (Å²) in [6.07, 6.45) is 3.32. The number of nitrogen functional groups attached to an aromatic ring is 1. The van der Waals surface area contributed by atoms with Crippen LogP contribution in [0.4, 0.5) is 5.69 Å². The first-order valence-corrected chi connectivity index (χ1v) is 4.33. The van der Waals surface area contributed by atoms with Gasteiger partial charge in [0, 0.05) is 5.39 Å². The fourth-order valence-electron chi connectivity index (χ4n) is 1.65. The summed E-state index contributed by atoms with van der Waals surface area (Å²) < 4.78 is 1.69. The highest BCUT2D eigenvalue weighted by atomic mass is 15.2. The third kappa shape index (κ3) is 0.821. The number of para-hydroxylation sites is 1. The first-order valence-electron chi connectivity index (χ1n) is 4.33. The van der Waals surface area contributed by atoms with Crippen LogP contribution in [0.25, 0.3) is 16.4 Å². The normalized spacial score (nSPS) is 11.1. The van der Waals surface area contributed by atoms with E-state index in [2.05, 4.69) is 10.1 Å². The first-order chi connectivity index (χ1) is 6.86. The number of benzene rings is 1. The van der Waals surface area contributed by atoms with Gasteiger partial charge in [0.15, 0.2) is 0 Å². The topological polar surface area (TPSA) is 56.2 Å². The Kier molecular flexibility index (Phi) is 1.28. The Labute approximate surface area is 80.0 Å². The van der Waals surface area contributed by atoms with Crippen LogP contribution < -0.4 is 5.73 Å². The molecule has 0 fully saturated rings. The summed E-state index contributed by atoms with van der Waals surface area (Å²) in [6, 6.07) is 7.88. The predicted octanol–water partition coefficient (Wildman–Crippen LogP) is 1.46. The zero-order chi connectivity index (χ0) is 9.54. The van der Waals surface area contributed by atoms with E-state index in [4.69, 9.17) is 5.73 Å². The average Bonchev–Trinajstić information content (AvgIpc) is 2.61. The third-order valence-corrected chi connectivity index (χ3v) is 2.29. The number of nitrogens with two attached hydrogens (primary N) is 1. The van der Waals surface area contributed by atoms with E-state index < -0.39 is 0 Å². The van der Waals surface area contributed by atoms with Gasteiger partial charge >= 0.3 is 0 Å². The van der Waals surface area contributed by atoms with Gasteiger partial charge in [-0.05, 0) is 6.07 Å². The Morgan fingerprint density at radius 3 is 3.00 bits per heavy atom. The molecule has 0 aliphatic heterocycles. The van der Waals surface area contributed by atoms with Crippen LogP contribution in [0.15, 0.2) is 36.8 Å². The fourth-order valence-corrected chi connectivity index (χ4v) is 1.65. The van der Waals surface area contributed by atoms with Crippen molar-refractivity contribution in [2.75, 3.05) is 5.73 Å². The molecule has 0 unspecified atom stereocenters. The zero-order valence-corrected chi connectivity index (χ0v) is 7.38. The molecule has 2 aromatic heterocycles. The lowest BCUT2D eigenvalue weighted by molar-refractivity contribution is 0.934. The van der Waals surface area contributed by atoms with E-state index in [0.29, 0.717) is 5.69 Å². The van der Waals surface area contributed by atoms with Crippen molar-refractivity contribution in [3.8, 4) is 0 Å². The van der Waals surface area contributed by atoms with Crippen LogP contribution in [-0.2, 0) is 0 Å². The van der Waals surface area contributed by atoms with Gasteiger partial charge in [0.1, 0.15) is 11.8 Å². The molecule has 4 heteroatoms. The molecule has 0 amide bonds. The molecular formula is C10H8N4. The Morgan fingerprint density at radius 2 is 2.07 bits per heavy atom. The highest BCUT2D eigenvalue weighted by molar-refractivity contribution is 5.98. The van der Waals surface area contributed by atoms with Crippen LogP contribution in [0.1, 0.15) is 0 Å². The van der Waals surface area contributed by atoms with Gasteiger partial charge < -0.3 is 5.73 Å². The second-order valence-electron chi connectivity index (χ2n) is 3.15. The van der Waals surface area contributed by atoms with E-state index in [-0.39, 0.29) is 0 Å². The van der Waals surface area contributed by atoms with E-state index in [1.54, 1.807) is 17.0 Å². The second-order valence-corrected chi connectivity index (χ2v) is 3.15. The second kappa shape index (κ2) is 2.45. The van der Waals surface area contributed by atoms with Gasteiger partial charge in [-0.1, -0.05) is 18.2 Å². The summed E-state index contributed by atoms with van der Waals surface area (Å²) >= 11 is 0. The maximum Gasteiger partial charge on any atom is 0.118 e. The molecule has 0 atom stereocenters. The lowest BCUT2D eigenvalue weighted by Crippen LogP contribution is -1.91. The molecule has 0 aliphatic rings. The van der Waals surface area contributed by atoms with Crippen molar-refractivity contribution in [1.82, 2.24) is 14.6 Å². The molecule has 14 heavy (non-hydrogen) atoms. The summed E-state index contributed by atoms with van der Waals surface area (Å²) in [7, 11) is 0. The van der Waals surface area contributed by atoms with Crippen molar-refractivity contribution in [3.63, 3.8) is 0 Å². The molecule has 0 saturated carbocycles. The lowest BCUT2D eigenvalue weighted by atomic mass is 10.2. The molecule has 0 radical (unpaired) electrons. The zero-order valence-electron chi connectivity index (χ0n) is 7.38. The molecule has 0 aliphatic carbocycles. The van der Waals surface area contributed by atoms with Crippen LogP contribution in [0.2, 0.25) is 0 Å². The number of nitrogens with zero attached hydrogens (tertiary/aromatic N) is 3. The number of rotatable bonds is 0. The minimum atomic E-state index is 0.684. The summed E-state index contributed by atoms with van der Waals surface area (Å²) in [5, 5.41) is 5.13. The monoisotopic (exact) mass is 184 g/mol. The van der Waals surface area contributed by atoms with Gasteiger partial charge in [-0.3, -0.25) is 0 Å². The van der Waals surface area contributed by atoms with E-state index in [0.717, 1.165) is 16.4 Å². The number of aromatic nitrogens is 3. The van der Waals surface area contributed by atoms with Crippen LogP contribution in [-0.4, -0.2) is 14.6 Å². The van der Waals surface area contributed by atoms with Crippen molar-refractivity contribution in [1.29, 1.82) is 0 Å². The summed E-state index contributed by atoms with van der Waals surface area (Å²) in [5.74, 6) is 0. The molecule has 4 nitrogen and oxygen atoms in total. The molecule has 3 aromatic rings. The molecule has 0 spiro atoms. The fraction of sp³-hybridized carbons (Fsp3) is 0. The van der Waals surface area contributed by atoms with Gasteiger partial charge in [0.05, 0.1) is 17.4 Å². The minimum absolute atomic E-state index is 0.684. The third-order valence-electron chi connectivity index (χ3n) is 2.29.